The number of nitrogens with zero attached hydrogens (tertiary/aromatic N) is 6. The van der Waals surface area contributed by atoms with Gasteiger partial charge in [-0.25, -0.2) is 9.97 Å². The quantitative estimate of drug-likeness (QED) is 0.822. The fraction of sp³-hybridized carbons (Fsp3) is 0.600. The highest BCUT2D eigenvalue weighted by molar-refractivity contribution is 5.78. The number of piperidine rings is 1. The molecular weight excluding hydrogens is 340 g/mol. The summed E-state index contributed by atoms with van der Waals surface area (Å²) in [6.07, 6.45) is 8.67. The molecule has 0 aromatic carbocycles. The van der Waals surface area contributed by atoms with Crippen molar-refractivity contribution >= 4 is 5.91 Å². The van der Waals surface area contributed by atoms with Gasteiger partial charge in [-0.15, -0.1) is 0 Å². The predicted molar refractivity (Wildman–Crippen MR) is 102 cm³/mol. The van der Waals surface area contributed by atoms with Gasteiger partial charge in [0.25, 0.3) is 0 Å². The molecule has 2 aromatic heterocycles. The monoisotopic (exact) mass is 368 g/mol. The summed E-state index contributed by atoms with van der Waals surface area (Å²) >= 11 is 0. The van der Waals surface area contributed by atoms with Crippen LogP contribution < -0.4 is 0 Å². The summed E-state index contributed by atoms with van der Waals surface area (Å²) < 4.78 is 1.82. The molecule has 7 nitrogen and oxygen atoms in total. The first kappa shape index (κ1) is 18.1. The molecule has 0 bridgehead atoms. The van der Waals surface area contributed by atoms with E-state index < -0.39 is 0 Å². The van der Waals surface area contributed by atoms with Gasteiger partial charge < -0.3 is 9.80 Å². The van der Waals surface area contributed by atoms with Gasteiger partial charge in [0.05, 0.1) is 18.2 Å². The highest BCUT2D eigenvalue weighted by Gasteiger charge is 2.27. The zero-order chi connectivity index (χ0) is 18.8. The van der Waals surface area contributed by atoms with Gasteiger partial charge in [0.1, 0.15) is 5.82 Å². The van der Waals surface area contributed by atoms with E-state index in [-0.39, 0.29) is 11.8 Å². The number of hydrogen-bond acceptors (Lipinski definition) is 5. The molecule has 0 aliphatic carbocycles. The van der Waals surface area contributed by atoms with Crippen molar-refractivity contribution in [3.8, 4) is 0 Å². The number of likely N-dealkylation sites (tertiary alicyclic amines) is 1. The molecule has 7 heteroatoms. The topological polar surface area (TPSA) is 67.2 Å². The van der Waals surface area contributed by atoms with Crippen molar-refractivity contribution in [1.82, 2.24) is 29.5 Å². The number of aromatic nitrogens is 4. The Kier molecular flexibility index (Phi) is 5.20. The Balaban J connectivity index is 1.40. The average molecular weight is 368 g/mol. The van der Waals surface area contributed by atoms with E-state index in [0.717, 1.165) is 56.0 Å². The zero-order valence-corrected chi connectivity index (χ0v) is 16.2. The second kappa shape index (κ2) is 7.76. The Hall–Kier alpha value is -2.28. The van der Waals surface area contributed by atoms with Crippen LogP contribution in [0.25, 0.3) is 0 Å². The third kappa shape index (κ3) is 4.03. The van der Waals surface area contributed by atoms with Gasteiger partial charge in [0.15, 0.2) is 0 Å². The van der Waals surface area contributed by atoms with Gasteiger partial charge in [0.2, 0.25) is 5.91 Å². The predicted octanol–water partition coefficient (Wildman–Crippen LogP) is 1.70. The summed E-state index contributed by atoms with van der Waals surface area (Å²) in [6.45, 7) is 6.16. The number of hydrogen-bond donors (Lipinski definition) is 0. The highest BCUT2D eigenvalue weighted by Crippen LogP contribution is 2.27. The molecule has 4 heterocycles. The Labute approximate surface area is 160 Å². The normalized spacial score (nSPS) is 19.7. The maximum absolute atomic E-state index is 12.8. The van der Waals surface area contributed by atoms with Gasteiger partial charge >= 0.3 is 0 Å². The second-order valence-corrected chi connectivity index (χ2v) is 7.92. The van der Waals surface area contributed by atoms with Crippen molar-refractivity contribution in [1.29, 1.82) is 0 Å². The minimum atomic E-state index is -0.0918. The van der Waals surface area contributed by atoms with E-state index in [4.69, 9.17) is 4.98 Å². The first-order chi connectivity index (χ1) is 13.1. The number of rotatable bonds is 4. The van der Waals surface area contributed by atoms with Crippen LogP contribution in [-0.2, 0) is 24.3 Å². The van der Waals surface area contributed by atoms with E-state index in [2.05, 4.69) is 22.0 Å². The van der Waals surface area contributed by atoms with E-state index in [1.807, 2.05) is 35.0 Å². The molecule has 1 atom stereocenters. The first-order valence-electron chi connectivity index (χ1n) is 9.89. The molecule has 27 heavy (non-hydrogen) atoms. The molecular formula is C20H28N6O. The summed E-state index contributed by atoms with van der Waals surface area (Å²) in [7, 11) is 2.17. The van der Waals surface area contributed by atoms with Crippen molar-refractivity contribution in [3.05, 3.63) is 41.7 Å². The average Bonchev–Trinajstić information content (AvgIpc) is 3.20. The molecule has 0 N–H and O–H groups in total. The van der Waals surface area contributed by atoms with Crippen LogP contribution in [0.2, 0.25) is 0 Å². The van der Waals surface area contributed by atoms with Gasteiger partial charge in [-0.1, -0.05) is 6.92 Å². The second-order valence-electron chi connectivity index (χ2n) is 7.92. The van der Waals surface area contributed by atoms with Crippen LogP contribution in [0, 0.1) is 5.92 Å². The van der Waals surface area contributed by atoms with E-state index in [0.29, 0.717) is 19.0 Å². The Morgan fingerprint density at radius 2 is 2.11 bits per heavy atom. The lowest BCUT2D eigenvalue weighted by Crippen LogP contribution is -2.40. The van der Waals surface area contributed by atoms with Crippen LogP contribution in [0.15, 0.2) is 24.7 Å². The van der Waals surface area contributed by atoms with E-state index >= 15 is 0 Å². The summed E-state index contributed by atoms with van der Waals surface area (Å²) in [6, 6.07) is 1.88. The molecule has 2 aromatic rings. The van der Waals surface area contributed by atoms with Gasteiger partial charge in [-0.05, 0) is 39.0 Å². The molecule has 0 unspecified atom stereocenters. The minimum absolute atomic E-state index is 0.0918. The number of amides is 1. The molecule has 0 spiro atoms. The Morgan fingerprint density at radius 3 is 2.85 bits per heavy atom. The summed E-state index contributed by atoms with van der Waals surface area (Å²) in [5.41, 5.74) is 2.22. The van der Waals surface area contributed by atoms with Crippen LogP contribution in [0.4, 0.5) is 0 Å². The van der Waals surface area contributed by atoms with Crippen molar-refractivity contribution in [2.75, 3.05) is 26.7 Å². The first-order valence-corrected chi connectivity index (χ1v) is 9.89. The van der Waals surface area contributed by atoms with Gasteiger partial charge in [-0.3, -0.25) is 9.48 Å². The lowest BCUT2D eigenvalue weighted by molar-refractivity contribution is -0.136. The summed E-state index contributed by atoms with van der Waals surface area (Å²) in [5, 5.41) is 4.20. The third-order valence-electron chi connectivity index (χ3n) is 5.79. The summed E-state index contributed by atoms with van der Waals surface area (Å²) in [5.74, 6) is 1.55. The molecule has 1 amide bonds. The van der Waals surface area contributed by atoms with Gasteiger partial charge in [-0.2, -0.15) is 5.10 Å². The van der Waals surface area contributed by atoms with Crippen LogP contribution in [-0.4, -0.2) is 62.1 Å². The third-order valence-corrected chi connectivity index (χ3v) is 5.79. The van der Waals surface area contributed by atoms with Crippen molar-refractivity contribution in [2.24, 2.45) is 5.92 Å². The molecule has 144 valence electrons. The Morgan fingerprint density at radius 1 is 1.30 bits per heavy atom. The van der Waals surface area contributed by atoms with Crippen LogP contribution >= 0.6 is 0 Å². The van der Waals surface area contributed by atoms with Crippen LogP contribution in [0.5, 0.6) is 0 Å². The maximum atomic E-state index is 12.8. The van der Waals surface area contributed by atoms with Crippen molar-refractivity contribution in [2.45, 2.75) is 45.2 Å². The lowest BCUT2D eigenvalue weighted by Gasteiger charge is -2.31. The van der Waals surface area contributed by atoms with E-state index in [1.165, 1.54) is 0 Å². The number of carbonyl (C=O) groups excluding carboxylic acids is 1. The van der Waals surface area contributed by atoms with Crippen molar-refractivity contribution in [3.63, 3.8) is 0 Å². The van der Waals surface area contributed by atoms with Crippen molar-refractivity contribution < 1.29 is 4.79 Å². The maximum Gasteiger partial charge on any atom is 0.227 e. The fourth-order valence-electron chi connectivity index (χ4n) is 4.06. The smallest absolute Gasteiger partial charge is 0.227 e. The lowest BCUT2D eigenvalue weighted by atomic mass is 9.95. The number of carbonyl (C=O) groups is 1. The van der Waals surface area contributed by atoms with E-state index in [1.54, 1.807) is 6.20 Å². The van der Waals surface area contributed by atoms with Crippen LogP contribution in [0.1, 0.15) is 42.8 Å². The molecule has 2 aliphatic rings. The fourth-order valence-corrected chi connectivity index (χ4v) is 4.06. The molecule has 0 saturated carbocycles. The molecule has 1 saturated heterocycles. The minimum Gasteiger partial charge on any atom is -0.338 e. The molecule has 4 rings (SSSR count). The highest BCUT2D eigenvalue weighted by atomic mass is 16.2. The zero-order valence-electron chi connectivity index (χ0n) is 16.2. The largest absolute Gasteiger partial charge is 0.338 e. The number of fused-ring (bicyclic) bond motifs is 1. The van der Waals surface area contributed by atoms with E-state index in [9.17, 15) is 4.79 Å². The standard InChI is InChI=1S/C20H28N6O/c1-15(13-26-8-3-7-22-26)20(27)25-11-6-18-17(14-25)12-21-19(23-18)16-4-9-24(2)10-5-16/h3,7-8,12,15-16H,4-6,9-11,13-14H2,1-2H3/t15-/m1/s1. The Bertz CT molecular complexity index is 782. The molecule has 2 aliphatic heterocycles. The summed E-state index contributed by atoms with van der Waals surface area (Å²) in [4.78, 5) is 26.7. The SMILES string of the molecule is C[C@H](Cn1cccn1)C(=O)N1CCc2nc(C3CCN(C)CC3)ncc2C1. The molecule has 1 fully saturated rings. The van der Waals surface area contributed by atoms with Crippen LogP contribution in [0.3, 0.4) is 0 Å². The van der Waals surface area contributed by atoms with Gasteiger partial charge in [0, 0.05) is 49.6 Å². The molecule has 0 radical (unpaired) electrons.